The Labute approximate surface area is 146 Å². The summed E-state index contributed by atoms with van der Waals surface area (Å²) in [4.78, 5) is 26.5. The van der Waals surface area contributed by atoms with Gasteiger partial charge in [0.25, 0.3) is 5.91 Å². The lowest BCUT2D eigenvalue weighted by Crippen LogP contribution is -2.33. The second kappa shape index (κ2) is 8.39. The predicted octanol–water partition coefficient (Wildman–Crippen LogP) is 0.675. The number of amides is 1. The monoisotopic (exact) mass is 342 g/mol. The van der Waals surface area contributed by atoms with Gasteiger partial charge in [0.1, 0.15) is 18.0 Å². The third-order valence-electron chi connectivity index (χ3n) is 4.18. The molecule has 1 fully saturated rings. The molecule has 0 saturated carbocycles. The van der Waals surface area contributed by atoms with E-state index in [-0.39, 0.29) is 18.6 Å². The molecule has 0 spiro atoms. The van der Waals surface area contributed by atoms with Gasteiger partial charge in [-0.2, -0.15) is 0 Å². The van der Waals surface area contributed by atoms with E-state index in [1.54, 1.807) is 18.3 Å². The molecule has 0 bridgehead atoms. The van der Waals surface area contributed by atoms with Crippen molar-refractivity contribution in [3.05, 3.63) is 42.5 Å². The highest BCUT2D eigenvalue weighted by molar-refractivity contribution is 5.93. The summed E-state index contributed by atoms with van der Waals surface area (Å²) in [5.41, 5.74) is 0.538. The van der Waals surface area contributed by atoms with Gasteiger partial charge in [-0.3, -0.25) is 9.78 Å². The van der Waals surface area contributed by atoms with Crippen LogP contribution in [0.15, 0.2) is 36.9 Å². The summed E-state index contributed by atoms with van der Waals surface area (Å²) >= 11 is 0. The van der Waals surface area contributed by atoms with Crippen LogP contribution in [-0.4, -0.2) is 58.2 Å². The maximum Gasteiger partial charge on any atom is 0.252 e. The van der Waals surface area contributed by atoms with Crippen LogP contribution in [-0.2, 0) is 0 Å². The zero-order chi connectivity index (χ0) is 17.5. The SMILES string of the molecule is O=C(NCCNc1cc(N2CCCC2CO)ncn1)c1cccnc1. The highest BCUT2D eigenvalue weighted by Gasteiger charge is 2.25. The second-order valence-electron chi connectivity index (χ2n) is 5.86. The molecule has 1 atom stereocenters. The van der Waals surface area contributed by atoms with Crippen molar-refractivity contribution in [2.45, 2.75) is 18.9 Å². The summed E-state index contributed by atoms with van der Waals surface area (Å²) in [7, 11) is 0. The van der Waals surface area contributed by atoms with Gasteiger partial charge >= 0.3 is 0 Å². The molecule has 2 aromatic rings. The van der Waals surface area contributed by atoms with Crippen molar-refractivity contribution in [2.24, 2.45) is 0 Å². The molecule has 8 heteroatoms. The molecule has 1 amide bonds. The number of rotatable bonds is 7. The maximum atomic E-state index is 11.9. The molecule has 0 aliphatic carbocycles. The molecule has 0 radical (unpaired) electrons. The molecule has 1 unspecified atom stereocenters. The zero-order valence-corrected chi connectivity index (χ0v) is 13.9. The number of hydrogen-bond acceptors (Lipinski definition) is 7. The van der Waals surface area contributed by atoms with Gasteiger partial charge in [0, 0.05) is 38.1 Å². The minimum absolute atomic E-state index is 0.126. The number of nitrogens with one attached hydrogen (secondary N) is 2. The topological polar surface area (TPSA) is 103 Å². The van der Waals surface area contributed by atoms with E-state index >= 15 is 0 Å². The Morgan fingerprint density at radius 2 is 2.28 bits per heavy atom. The fraction of sp³-hybridized carbons (Fsp3) is 0.412. The normalized spacial score (nSPS) is 16.7. The van der Waals surface area contributed by atoms with Gasteiger partial charge in [-0.05, 0) is 25.0 Å². The van der Waals surface area contributed by atoms with E-state index in [2.05, 4.69) is 30.5 Å². The highest BCUT2D eigenvalue weighted by Crippen LogP contribution is 2.24. The number of pyridine rings is 1. The minimum atomic E-state index is -0.152. The van der Waals surface area contributed by atoms with Gasteiger partial charge < -0.3 is 20.6 Å². The van der Waals surface area contributed by atoms with E-state index < -0.39 is 0 Å². The van der Waals surface area contributed by atoms with Crippen molar-refractivity contribution in [1.82, 2.24) is 20.3 Å². The van der Waals surface area contributed by atoms with Crippen LogP contribution in [0.5, 0.6) is 0 Å². The first-order valence-corrected chi connectivity index (χ1v) is 8.39. The average Bonchev–Trinajstić information content (AvgIpc) is 3.15. The predicted molar refractivity (Wildman–Crippen MR) is 94.5 cm³/mol. The van der Waals surface area contributed by atoms with E-state index in [9.17, 15) is 9.90 Å². The zero-order valence-electron chi connectivity index (χ0n) is 13.9. The molecule has 3 heterocycles. The third-order valence-corrected chi connectivity index (χ3v) is 4.18. The molecule has 3 rings (SSSR count). The fourth-order valence-corrected chi connectivity index (χ4v) is 2.89. The molecule has 132 valence electrons. The molecule has 25 heavy (non-hydrogen) atoms. The smallest absolute Gasteiger partial charge is 0.252 e. The van der Waals surface area contributed by atoms with Crippen LogP contribution < -0.4 is 15.5 Å². The largest absolute Gasteiger partial charge is 0.394 e. The van der Waals surface area contributed by atoms with E-state index in [0.29, 0.717) is 24.5 Å². The number of anilines is 2. The molecular weight excluding hydrogens is 320 g/mol. The summed E-state index contributed by atoms with van der Waals surface area (Å²) in [6.07, 6.45) is 6.71. The number of aliphatic hydroxyl groups excluding tert-OH is 1. The van der Waals surface area contributed by atoms with E-state index in [1.807, 2.05) is 6.07 Å². The summed E-state index contributed by atoms with van der Waals surface area (Å²) in [6.45, 7) is 2.04. The molecule has 0 aromatic carbocycles. The summed E-state index contributed by atoms with van der Waals surface area (Å²) in [5.74, 6) is 1.36. The average molecular weight is 342 g/mol. The van der Waals surface area contributed by atoms with Crippen molar-refractivity contribution >= 4 is 17.5 Å². The molecule has 8 nitrogen and oxygen atoms in total. The molecular formula is C17H22N6O2. The second-order valence-corrected chi connectivity index (χ2v) is 5.86. The van der Waals surface area contributed by atoms with Crippen LogP contribution >= 0.6 is 0 Å². The summed E-state index contributed by atoms with van der Waals surface area (Å²) < 4.78 is 0. The van der Waals surface area contributed by atoms with Crippen LogP contribution in [0.3, 0.4) is 0 Å². The molecule has 1 saturated heterocycles. The number of carbonyl (C=O) groups is 1. The molecule has 1 aliphatic rings. The Balaban J connectivity index is 1.49. The van der Waals surface area contributed by atoms with E-state index in [4.69, 9.17) is 0 Å². The van der Waals surface area contributed by atoms with Gasteiger partial charge in [0.15, 0.2) is 0 Å². The first-order chi connectivity index (χ1) is 12.3. The van der Waals surface area contributed by atoms with Crippen molar-refractivity contribution < 1.29 is 9.90 Å². The van der Waals surface area contributed by atoms with Crippen molar-refractivity contribution in [3.8, 4) is 0 Å². The van der Waals surface area contributed by atoms with Gasteiger partial charge in [0.05, 0.1) is 18.2 Å². The third kappa shape index (κ3) is 4.42. The lowest BCUT2D eigenvalue weighted by Gasteiger charge is -2.24. The number of hydrogen-bond donors (Lipinski definition) is 3. The molecule has 3 N–H and O–H groups in total. The number of nitrogens with zero attached hydrogens (tertiary/aromatic N) is 4. The summed E-state index contributed by atoms with van der Waals surface area (Å²) in [6, 6.07) is 5.45. The Morgan fingerprint density at radius 3 is 3.08 bits per heavy atom. The Bertz CT molecular complexity index is 697. The van der Waals surface area contributed by atoms with Crippen molar-refractivity contribution in [2.75, 3.05) is 36.5 Å². The first kappa shape index (κ1) is 17.1. The standard InChI is InChI=1S/C17H22N6O2/c24-11-14-4-2-8-23(14)16-9-15(21-12-22-16)19-6-7-20-17(25)13-3-1-5-18-10-13/h1,3,5,9-10,12,14,24H,2,4,6-8,11H2,(H,20,25)(H,19,21,22). The van der Waals surface area contributed by atoms with Gasteiger partial charge in [-0.25, -0.2) is 9.97 Å². The molecule has 2 aromatic heterocycles. The number of carbonyl (C=O) groups excluding carboxylic acids is 1. The van der Waals surface area contributed by atoms with Crippen molar-refractivity contribution in [1.29, 1.82) is 0 Å². The number of aliphatic hydroxyl groups is 1. The summed E-state index contributed by atoms with van der Waals surface area (Å²) in [5, 5.41) is 15.4. The Morgan fingerprint density at radius 1 is 1.36 bits per heavy atom. The Kier molecular flexibility index (Phi) is 5.73. The van der Waals surface area contributed by atoms with Gasteiger partial charge in [-0.15, -0.1) is 0 Å². The van der Waals surface area contributed by atoms with Crippen LogP contribution in [0.25, 0.3) is 0 Å². The molecule has 1 aliphatic heterocycles. The van der Waals surface area contributed by atoms with Crippen LogP contribution in [0.1, 0.15) is 23.2 Å². The van der Waals surface area contributed by atoms with Gasteiger partial charge in [0.2, 0.25) is 0 Å². The van der Waals surface area contributed by atoms with Crippen molar-refractivity contribution in [3.63, 3.8) is 0 Å². The van der Waals surface area contributed by atoms with E-state index in [0.717, 1.165) is 25.2 Å². The van der Waals surface area contributed by atoms with Crippen LogP contribution in [0.2, 0.25) is 0 Å². The lowest BCUT2D eigenvalue weighted by molar-refractivity contribution is 0.0955. The first-order valence-electron chi connectivity index (χ1n) is 8.39. The van der Waals surface area contributed by atoms with Crippen LogP contribution in [0, 0.1) is 0 Å². The van der Waals surface area contributed by atoms with E-state index in [1.165, 1.54) is 12.5 Å². The quantitative estimate of drug-likeness (QED) is 0.636. The van der Waals surface area contributed by atoms with Crippen LogP contribution in [0.4, 0.5) is 11.6 Å². The highest BCUT2D eigenvalue weighted by atomic mass is 16.3. The Hall–Kier alpha value is -2.74. The fourth-order valence-electron chi connectivity index (χ4n) is 2.89. The number of aromatic nitrogens is 3. The van der Waals surface area contributed by atoms with Gasteiger partial charge in [-0.1, -0.05) is 0 Å². The lowest BCUT2D eigenvalue weighted by atomic mass is 10.2. The maximum absolute atomic E-state index is 11.9. The minimum Gasteiger partial charge on any atom is -0.394 e.